The lowest BCUT2D eigenvalue weighted by Gasteiger charge is -2.36. The highest BCUT2D eigenvalue weighted by atomic mass is 32.2. The van der Waals surface area contributed by atoms with Crippen molar-refractivity contribution >= 4 is 9.84 Å². The quantitative estimate of drug-likeness (QED) is 0.864. The summed E-state index contributed by atoms with van der Waals surface area (Å²) in [6, 6.07) is 7.79. The fourth-order valence-corrected chi connectivity index (χ4v) is 4.83. The minimum absolute atomic E-state index is 0.156. The second-order valence-electron chi connectivity index (χ2n) is 5.47. The van der Waals surface area contributed by atoms with E-state index in [1.54, 1.807) is 7.11 Å². The average Bonchev–Trinajstić information content (AvgIpc) is 2.76. The minimum Gasteiger partial charge on any atom is -0.497 e. The molecule has 1 aromatic rings. The molecule has 0 bridgehead atoms. The summed E-state index contributed by atoms with van der Waals surface area (Å²) >= 11 is 0. The van der Waals surface area contributed by atoms with Crippen molar-refractivity contribution in [1.82, 2.24) is 4.90 Å². The molecule has 5 nitrogen and oxygen atoms in total. The molecule has 0 aliphatic carbocycles. The Kier molecular flexibility index (Phi) is 4.36. The second kappa shape index (κ2) is 5.71. The lowest BCUT2D eigenvalue weighted by molar-refractivity contribution is 0.143. The van der Waals surface area contributed by atoms with Crippen LogP contribution in [-0.4, -0.2) is 51.1 Å². The van der Waals surface area contributed by atoms with Crippen LogP contribution in [0.2, 0.25) is 0 Å². The van der Waals surface area contributed by atoms with Gasteiger partial charge in [-0.1, -0.05) is 12.1 Å². The molecule has 1 fully saturated rings. The third-order valence-electron chi connectivity index (χ3n) is 4.14. The number of hydrogen-bond donors (Lipinski definition) is 1. The molecule has 0 spiro atoms. The number of benzene rings is 1. The van der Waals surface area contributed by atoms with E-state index in [4.69, 9.17) is 10.5 Å². The first-order chi connectivity index (χ1) is 9.41. The summed E-state index contributed by atoms with van der Waals surface area (Å²) in [6.07, 6.45) is 0.610. The number of ether oxygens (including phenoxy) is 1. The van der Waals surface area contributed by atoms with Crippen molar-refractivity contribution in [3.63, 3.8) is 0 Å². The maximum absolute atomic E-state index is 11.7. The van der Waals surface area contributed by atoms with Gasteiger partial charge in [-0.25, -0.2) is 8.42 Å². The Bertz CT molecular complexity index is 556. The van der Waals surface area contributed by atoms with Crippen LogP contribution in [0.3, 0.4) is 0 Å². The van der Waals surface area contributed by atoms with Gasteiger partial charge in [-0.15, -0.1) is 0 Å². The molecule has 1 unspecified atom stereocenters. The van der Waals surface area contributed by atoms with E-state index in [1.165, 1.54) is 0 Å². The van der Waals surface area contributed by atoms with E-state index in [-0.39, 0.29) is 11.5 Å². The first-order valence-corrected chi connectivity index (χ1v) is 8.48. The van der Waals surface area contributed by atoms with E-state index < -0.39 is 15.4 Å². The van der Waals surface area contributed by atoms with Gasteiger partial charge in [-0.05, 0) is 31.2 Å². The van der Waals surface area contributed by atoms with Gasteiger partial charge in [0.2, 0.25) is 0 Å². The van der Waals surface area contributed by atoms with Crippen molar-refractivity contribution in [3.05, 3.63) is 29.8 Å². The highest BCUT2D eigenvalue weighted by molar-refractivity contribution is 7.91. The molecule has 1 atom stereocenters. The number of hydrogen-bond acceptors (Lipinski definition) is 5. The van der Waals surface area contributed by atoms with Gasteiger partial charge in [0.15, 0.2) is 9.84 Å². The van der Waals surface area contributed by atoms with Crippen LogP contribution in [0.5, 0.6) is 5.75 Å². The highest BCUT2D eigenvalue weighted by Gasteiger charge is 2.44. The van der Waals surface area contributed by atoms with Crippen molar-refractivity contribution in [1.29, 1.82) is 0 Å². The van der Waals surface area contributed by atoms with Crippen molar-refractivity contribution < 1.29 is 13.2 Å². The van der Waals surface area contributed by atoms with Crippen molar-refractivity contribution in [2.45, 2.75) is 18.5 Å². The summed E-state index contributed by atoms with van der Waals surface area (Å²) in [4.78, 5) is 2.07. The summed E-state index contributed by atoms with van der Waals surface area (Å²) in [5, 5.41) is 0. The smallest absolute Gasteiger partial charge is 0.152 e. The Balaban J connectivity index is 2.11. The molecule has 0 radical (unpaired) electrons. The zero-order valence-electron chi connectivity index (χ0n) is 12.0. The van der Waals surface area contributed by atoms with Gasteiger partial charge in [0, 0.05) is 18.6 Å². The molecule has 112 valence electrons. The molecule has 0 aromatic heterocycles. The maximum Gasteiger partial charge on any atom is 0.152 e. The molecule has 0 saturated carbocycles. The first-order valence-electron chi connectivity index (χ1n) is 6.65. The Morgan fingerprint density at radius 2 is 2.00 bits per heavy atom. The number of nitrogens with zero attached hydrogens (tertiary/aromatic N) is 1. The van der Waals surface area contributed by atoms with Gasteiger partial charge >= 0.3 is 0 Å². The van der Waals surface area contributed by atoms with E-state index in [9.17, 15) is 8.42 Å². The normalized spacial score (nSPS) is 25.0. The molecule has 1 aliphatic rings. The van der Waals surface area contributed by atoms with Crippen LogP contribution in [0, 0.1) is 0 Å². The van der Waals surface area contributed by atoms with Crippen molar-refractivity contribution in [2.24, 2.45) is 5.73 Å². The SMILES string of the molecule is COc1ccc(CN(C)C2(CN)CCS(=O)(=O)C2)cc1. The minimum atomic E-state index is -2.96. The van der Waals surface area contributed by atoms with E-state index in [0.717, 1.165) is 11.3 Å². The predicted octanol–water partition coefficient (Wildman–Crippen LogP) is 0.643. The molecule has 1 saturated heterocycles. The maximum atomic E-state index is 11.7. The summed E-state index contributed by atoms with van der Waals surface area (Å²) in [7, 11) is 0.620. The van der Waals surface area contributed by atoms with E-state index in [0.29, 0.717) is 19.5 Å². The van der Waals surface area contributed by atoms with Gasteiger partial charge in [0.05, 0.1) is 18.6 Å². The van der Waals surface area contributed by atoms with Crippen LogP contribution < -0.4 is 10.5 Å². The number of methoxy groups -OCH3 is 1. The van der Waals surface area contributed by atoms with E-state index >= 15 is 0 Å². The number of sulfone groups is 1. The zero-order chi connectivity index (χ0) is 14.8. The van der Waals surface area contributed by atoms with Crippen LogP contribution >= 0.6 is 0 Å². The molecular formula is C14H22N2O3S. The topological polar surface area (TPSA) is 72.6 Å². The lowest BCUT2D eigenvalue weighted by Crippen LogP contribution is -2.52. The van der Waals surface area contributed by atoms with Gasteiger partial charge in [-0.2, -0.15) is 0 Å². The van der Waals surface area contributed by atoms with Gasteiger partial charge in [0.25, 0.3) is 0 Å². The zero-order valence-corrected chi connectivity index (χ0v) is 12.8. The molecule has 2 N–H and O–H groups in total. The monoisotopic (exact) mass is 298 g/mol. The molecule has 1 heterocycles. The van der Waals surface area contributed by atoms with Crippen molar-refractivity contribution in [3.8, 4) is 5.75 Å². The molecule has 0 amide bonds. The lowest BCUT2D eigenvalue weighted by atomic mass is 9.96. The average molecular weight is 298 g/mol. The van der Waals surface area contributed by atoms with E-state index in [2.05, 4.69) is 4.90 Å². The summed E-state index contributed by atoms with van der Waals surface area (Å²) in [5.74, 6) is 1.20. The summed E-state index contributed by atoms with van der Waals surface area (Å²) in [5.41, 5.74) is 6.55. The third kappa shape index (κ3) is 3.13. The Hall–Kier alpha value is -1.11. The van der Waals surface area contributed by atoms with Crippen LogP contribution in [0.1, 0.15) is 12.0 Å². The predicted molar refractivity (Wildman–Crippen MR) is 79.5 cm³/mol. The fourth-order valence-electron chi connectivity index (χ4n) is 2.69. The first kappa shape index (κ1) is 15.3. The third-order valence-corrected chi connectivity index (χ3v) is 5.94. The van der Waals surface area contributed by atoms with Crippen molar-refractivity contribution in [2.75, 3.05) is 32.2 Å². The largest absolute Gasteiger partial charge is 0.497 e. The van der Waals surface area contributed by atoms with E-state index in [1.807, 2.05) is 31.3 Å². The van der Waals surface area contributed by atoms with Gasteiger partial charge < -0.3 is 10.5 Å². The molecule has 20 heavy (non-hydrogen) atoms. The number of rotatable bonds is 5. The number of nitrogens with two attached hydrogens (primary N) is 1. The molecule has 1 aliphatic heterocycles. The standard InChI is InChI=1S/C14H22N2O3S/c1-16(9-12-3-5-13(19-2)6-4-12)14(10-15)7-8-20(17,18)11-14/h3-6H,7-11,15H2,1-2H3. The van der Waals surface area contributed by atoms with Crippen LogP contribution in [0.4, 0.5) is 0 Å². The fraction of sp³-hybridized carbons (Fsp3) is 0.571. The summed E-state index contributed by atoms with van der Waals surface area (Å²) < 4.78 is 28.6. The Morgan fingerprint density at radius 3 is 2.45 bits per heavy atom. The Morgan fingerprint density at radius 1 is 1.35 bits per heavy atom. The highest BCUT2D eigenvalue weighted by Crippen LogP contribution is 2.29. The Labute approximate surface area is 120 Å². The van der Waals surface area contributed by atoms with Gasteiger partial charge in [0.1, 0.15) is 5.75 Å². The molecular weight excluding hydrogens is 276 g/mol. The molecule has 2 rings (SSSR count). The number of likely N-dealkylation sites (N-methyl/N-ethyl adjacent to an activating group) is 1. The van der Waals surface area contributed by atoms with Crippen LogP contribution in [-0.2, 0) is 16.4 Å². The molecule has 6 heteroatoms. The van der Waals surface area contributed by atoms with Crippen LogP contribution in [0.25, 0.3) is 0 Å². The molecule has 1 aromatic carbocycles. The van der Waals surface area contributed by atoms with Gasteiger partial charge in [-0.3, -0.25) is 4.90 Å². The van der Waals surface area contributed by atoms with Crippen LogP contribution in [0.15, 0.2) is 24.3 Å². The summed E-state index contributed by atoms with van der Waals surface area (Å²) in [6.45, 7) is 1.04. The second-order valence-corrected chi connectivity index (χ2v) is 7.66.